The van der Waals surface area contributed by atoms with Crippen LogP contribution in [0.4, 0.5) is 38.9 Å². The van der Waals surface area contributed by atoms with Gasteiger partial charge in [0, 0.05) is 24.8 Å². The van der Waals surface area contributed by atoms with E-state index in [9.17, 15) is 13.2 Å². The van der Waals surface area contributed by atoms with Gasteiger partial charge in [-0.1, -0.05) is 12.1 Å². The highest BCUT2D eigenvalue weighted by molar-refractivity contribution is 7.79. The summed E-state index contributed by atoms with van der Waals surface area (Å²) in [5.74, 6) is -0.266. The Morgan fingerprint density at radius 3 is 2.60 bits per heavy atom. The molecule has 0 bridgehead atoms. The second kappa shape index (κ2) is 12.5. The van der Waals surface area contributed by atoms with Gasteiger partial charge in [-0.3, -0.25) is 4.21 Å². The third kappa shape index (κ3) is 6.92. The molecule has 1 fully saturated rings. The summed E-state index contributed by atoms with van der Waals surface area (Å²) in [6.45, 7) is 2.95. The monoisotopic (exact) mass is 523 g/mol. The average Bonchev–Trinajstić information content (AvgIpc) is 2.86. The zero-order valence-corrected chi connectivity index (χ0v) is 20.5. The number of anilines is 6. The van der Waals surface area contributed by atoms with E-state index < -0.39 is 16.9 Å². The third-order valence-electron chi connectivity index (χ3n) is 5.11. The number of hydrogen-bond acceptors (Lipinski definition) is 10. The van der Waals surface area contributed by atoms with E-state index in [0.717, 1.165) is 25.0 Å². The Morgan fingerprint density at radius 1 is 1.14 bits per heavy atom. The van der Waals surface area contributed by atoms with Crippen molar-refractivity contribution in [1.29, 1.82) is 0 Å². The fourth-order valence-electron chi connectivity index (χ4n) is 3.45. The Morgan fingerprint density at radius 2 is 1.89 bits per heavy atom. The Hall–Kier alpha value is -3.19. The Bertz CT molecular complexity index is 1170. The normalized spacial score (nSPS) is 14.0. The molecule has 1 aliphatic rings. The van der Waals surface area contributed by atoms with Gasteiger partial charge in [0.2, 0.25) is 5.95 Å². The standard InChI is InChI=1S/C22H25FN6O4S.ClH/c1-32-20-12-15(29-8-10-33-11-9-29)6-7-19(20)27-22-24-13-16(23)21(28-22)26-18-5-3-2-4-17(18)25-14-34(30)31;/h2-7,12-13,25H,8-11,14H2,1H3,(H,30,31)(H2,24,26,27,28);1H/p-1. The highest BCUT2D eigenvalue weighted by Crippen LogP contribution is 2.32. The maximum absolute atomic E-state index is 14.5. The van der Waals surface area contributed by atoms with E-state index in [1.807, 2.05) is 18.2 Å². The molecule has 3 N–H and O–H groups in total. The van der Waals surface area contributed by atoms with Crippen LogP contribution in [0.15, 0.2) is 48.7 Å². The number of aromatic nitrogens is 2. The minimum atomic E-state index is -2.28. The van der Waals surface area contributed by atoms with Crippen molar-refractivity contribution in [1.82, 2.24) is 9.97 Å². The second-order valence-corrected chi connectivity index (χ2v) is 8.19. The maximum atomic E-state index is 14.5. The highest BCUT2D eigenvalue weighted by Gasteiger charge is 2.15. The summed E-state index contributed by atoms with van der Waals surface area (Å²) in [6, 6.07) is 12.6. The van der Waals surface area contributed by atoms with Gasteiger partial charge in [-0.2, -0.15) is 4.98 Å². The summed E-state index contributed by atoms with van der Waals surface area (Å²) in [6.07, 6.45) is 1.05. The largest absolute Gasteiger partial charge is 0.771 e. The summed E-state index contributed by atoms with van der Waals surface area (Å²) in [5.41, 5.74) is 2.58. The minimum Gasteiger partial charge on any atom is -0.771 e. The van der Waals surface area contributed by atoms with Crippen LogP contribution in [-0.4, -0.2) is 58.0 Å². The molecule has 1 aromatic heterocycles. The molecule has 0 saturated carbocycles. The molecule has 3 aromatic rings. The summed E-state index contributed by atoms with van der Waals surface area (Å²) < 4.78 is 47.2. The number of nitrogens with zero attached hydrogens (tertiary/aromatic N) is 3. The highest BCUT2D eigenvalue weighted by atomic mass is 35.5. The minimum absolute atomic E-state index is 0. The van der Waals surface area contributed by atoms with Crippen molar-refractivity contribution < 1.29 is 22.6 Å². The predicted octanol–water partition coefficient (Wildman–Crippen LogP) is 3.62. The first-order valence-electron chi connectivity index (χ1n) is 10.5. The van der Waals surface area contributed by atoms with Crippen LogP contribution in [0, 0.1) is 5.82 Å². The third-order valence-corrected chi connectivity index (χ3v) is 5.49. The van der Waals surface area contributed by atoms with E-state index in [0.29, 0.717) is 36.0 Å². The molecule has 35 heavy (non-hydrogen) atoms. The zero-order valence-electron chi connectivity index (χ0n) is 18.8. The van der Waals surface area contributed by atoms with E-state index in [1.54, 1.807) is 31.4 Å². The zero-order chi connectivity index (χ0) is 23.9. The smallest absolute Gasteiger partial charge is 0.229 e. The Labute approximate surface area is 211 Å². The van der Waals surface area contributed by atoms with Gasteiger partial charge in [-0.25, -0.2) is 9.37 Å². The topological polar surface area (TPSA) is 124 Å². The van der Waals surface area contributed by atoms with Gasteiger partial charge in [0.1, 0.15) is 5.75 Å². The molecule has 0 radical (unpaired) electrons. The molecular weight excluding hydrogens is 499 g/mol. The molecule has 0 spiro atoms. The fourth-order valence-corrected chi connectivity index (χ4v) is 3.72. The summed E-state index contributed by atoms with van der Waals surface area (Å²) in [5, 5.41) is 8.73. The number of rotatable bonds is 9. The number of morpholine rings is 1. The Kier molecular flexibility index (Phi) is 9.43. The lowest BCUT2D eigenvalue weighted by atomic mass is 10.2. The van der Waals surface area contributed by atoms with E-state index in [4.69, 9.17) is 9.47 Å². The van der Waals surface area contributed by atoms with Crippen molar-refractivity contribution in [3.63, 3.8) is 0 Å². The molecule has 4 rings (SSSR count). The number of hydrogen-bond donors (Lipinski definition) is 3. The maximum Gasteiger partial charge on any atom is 0.229 e. The first-order valence-corrected chi connectivity index (χ1v) is 11.7. The molecule has 0 aliphatic carbocycles. The molecule has 188 valence electrons. The number of methoxy groups -OCH3 is 1. The van der Waals surface area contributed by atoms with Gasteiger partial charge in [0.05, 0.1) is 49.5 Å². The van der Waals surface area contributed by atoms with Gasteiger partial charge in [0.25, 0.3) is 0 Å². The molecule has 1 unspecified atom stereocenters. The number of ether oxygens (including phenoxy) is 2. The first-order chi connectivity index (χ1) is 16.5. The van der Waals surface area contributed by atoms with Crippen molar-refractivity contribution in [2.45, 2.75) is 0 Å². The lowest BCUT2D eigenvalue weighted by molar-refractivity contribution is 0.122. The molecule has 1 aliphatic heterocycles. The van der Waals surface area contributed by atoms with Crippen LogP contribution in [-0.2, 0) is 15.8 Å². The lowest BCUT2D eigenvalue weighted by Crippen LogP contribution is -2.36. The van der Waals surface area contributed by atoms with Crippen LogP contribution in [0.5, 0.6) is 5.75 Å². The summed E-state index contributed by atoms with van der Waals surface area (Å²) >= 11 is -2.28. The summed E-state index contributed by atoms with van der Waals surface area (Å²) in [7, 11) is 1.57. The molecule has 13 heteroatoms. The molecule has 2 heterocycles. The van der Waals surface area contributed by atoms with Crippen molar-refractivity contribution in [2.75, 3.05) is 60.1 Å². The SMILES string of the molecule is COc1cc(N2CCOCC2)ccc1Nc1ncc(F)c(Nc2ccccc2NCS(=O)[O-])n1.Cl. The number of halogens is 2. The molecule has 0 amide bonds. The van der Waals surface area contributed by atoms with Crippen molar-refractivity contribution in [3.05, 3.63) is 54.5 Å². The number of nitrogens with one attached hydrogen (secondary N) is 3. The second-order valence-electron chi connectivity index (χ2n) is 7.29. The van der Waals surface area contributed by atoms with Crippen molar-refractivity contribution in [3.8, 4) is 5.75 Å². The average molecular weight is 524 g/mol. The molecule has 2 aromatic carbocycles. The fraction of sp³-hybridized carbons (Fsp3) is 0.273. The number of benzene rings is 2. The van der Waals surface area contributed by atoms with Crippen LogP contribution in [0.1, 0.15) is 0 Å². The number of para-hydroxylation sites is 2. The van der Waals surface area contributed by atoms with Crippen LogP contribution in [0.25, 0.3) is 0 Å². The van der Waals surface area contributed by atoms with E-state index in [1.165, 1.54) is 0 Å². The molecule has 1 saturated heterocycles. The van der Waals surface area contributed by atoms with Gasteiger partial charge < -0.3 is 34.9 Å². The van der Waals surface area contributed by atoms with Crippen molar-refractivity contribution in [2.24, 2.45) is 0 Å². The van der Waals surface area contributed by atoms with Crippen LogP contribution < -0.4 is 25.6 Å². The summed E-state index contributed by atoms with van der Waals surface area (Å²) in [4.78, 5) is 10.5. The van der Waals surface area contributed by atoms with Crippen LogP contribution >= 0.6 is 12.4 Å². The lowest BCUT2D eigenvalue weighted by Gasteiger charge is -2.29. The van der Waals surface area contributed by atoms with E-state index >= 15 is 0 Å². The van der Waals surface area contributed by atoms with E-state index in [-0.39, 0.29) is 30.1 Å². The quantitative estimate of drug-likeness (QED) is 0.358. The van der Waals surface area contributed by atoms with Gasteiger partial charge >= 0.3 is 0 Å². The Balaban J connectivity index is 0.00000342. The molecule has 1 atom stereocenters. The van der Waals surface area contributed by atoms with Gasteiger partial charge in [0.15, 0.2) is 11.6 Å². The predicted molar refractivity (Wildman–Crippen MR) is 136 cm³/mol. The molecular formula is C22H25ClFN6O4S-. The van der Waals surface area contributed by atoms with Gasteiger partial charge in [-0.15, -0.1) is 12.4 Å². The van der Waals surface area contributed by atoms with Crippen LogP contribution in [0.3, 0.4) is 0 Å². The van der Waals surface area contributed by atoms with E-state index in [2.05, 4.69) is 30.8 Å². The van der Waals surface area contributed by atoms with Crippen molar-refractivity contribution >= 4 is 58.0 Å². The van der Waals surface area contributed by atoms with Gasteiger partial charge in [-0.05, 0) is 35.3 Å². The van der Waals surface area contributed by atoms with Crippen LogP contribution in [0.2, 0.25) is 0 Å². The molecule has 10 nitrogen and oxygen atoms in total. The first kappa shape index (κ1) is 26.4.